The van der Waals surface area contributed by atoms with Gasteiger partial charge in [-0.2, -0.15) is 0 Å². The van der Waals surface area contributed by atoms with Gasteiger partial charge < -0.3 is 15.1 Å². The fraction of sp³-hybridized carbons (Fsp3) is 0.467. The van der Waals surface area contributed by atoms with Gasteiger partial charge in [0.2, 0.25) is 5.91 Å². The molecule has 2 N–H and O–H groups in total. The number of carbonyl (C=O) groups excluding carboxylic acids is 1. The van der Waals surface area contributed by atoms with E-state index in [4.69, 9.17) is 5.11 Å². The third kappa shape index (κ3) is 2.24. The van der Waals surface area contributed by atoms with E-state index in [1.807, 2.05) is 6.92 Å². The summed E-state index contributed by atoms with van der Waals surface area (Å²) in [6, 6.07) is 6.43. The number of benzene rings is 1. The van der Waals surface area contributed by atoms with E-state index < -0.39 is 23.2 Å². The third-order valence-electron chi connectivity index (χ3n) is 4.08. The minimum absolute atomic E-state index is 0.0820. The Kier molecular flexibility index (Phi) is 3.46. The second kappa shape index (κ2) is 4.81. The van der Waals surface area contributed by atoms with Gasteiger partial charge in [0.1, 0.15) is 5.75 Å². The summed E-state index contributed by atoms with van der Waals surface area (Å²) in [5.41, 5.74) is 0.0667. The average Bonchev–Trinajstić information content (AvgIpc) is 2.93. The topological polar surface area (TPSA) is 77.8 Å². The van der Waals surface area contributed by atoms with E-state index in [0.717, 1.165) is 0 Å². The molecule has 0 radical (unpaired) electrons. The molecule has 2 unspecified atom stereocenters. The molecule has 2 atom stereocenters. The molecule has 0 aromatic heterocycles. The lowest BCUT2D eigenvalue weighted by Gasteiger charge is -2.22. The Morgan fingerprint density at radius 3 is 2.40 bits per heavy atom. The van der Waals surface area contributed by atoms with Crippen molar-refractivity contribution in [2.45, 2.75) is 20.8 Å². The summed E-state index contributed by atoms with van der Waals surface area (Å²) >= 11 is 0. The number of rotatable bonds is 4. The molecule has 1 saturated carbocycles. The first-order chi connectivity index (χ1) is 9.30. The highest BCUT2D eigenvalue weighted by Gasteiger charge is 2.66. The average molecular weight is 277 g/mol. The van der Waals surface area contributed by atoms with Crippen molar-refractivity contribution in [1.82, 2.24) is 0 Å². The summed E-state index contributed by atoms with van der Waals surface area (Å²) in [5.74, 6) is -2.20. The van der Waals surface area contributed by atoms with Crippen molar-refractivity contribution in [3.05, 3.63) is 24.3 Å². The van der Waals surface area contributed by atoms with E-state index in [0.29, 0.717) is 12.2 Å². The molecular formula is C15H19NO4. The van der Waals surface area contributed by atoms with Gasteiger partial charge in [-0.1, -0.05) is 19.9 Å². The molecule has 1 aliphatic rings. The number of hydrogen-bond donors (Lipinski definition) is 2. The van der Waals surface area contributed by atoms with Crippen LogP contribution in [0.2, 0.25) is 0 Å². The Morgan fingerprint density at radius 2 is 1.95 bits per heavy atom. The molecule has 5 nitrogen and oxygen atoms in total. The van der Waals surface area contributed by atoms with Crippen molar-refractivity contribution in [1.29, 1.82) is 0 Å². The molecule has 0 heterocycles. The molecule has 0 saturated heterocycles. The molecule has 2 rings (SSSR count). The molecule has 108 valence electrons. The summed E-state index contributed by atoms with van der Waals surface area (Å²) < 4.78 is 0. The predicted molar refractivity (Wildman–Crippen MR) is 74.5 cm³/mol. The van der Waals surface area contributed by atoms with Gasteiger partial charge in [-0.25, -0.2) is 0 Å². The van der Waals surface area contributed by atoms with Gasteiger partial charge in [-0.3, -0.25) is 9.59 Å². The second-order valence-corrected chi connectivity index (χ2v) is 5.72. The highest BCUT2D eigenvalue weighted by atomic mass is 16.4. The number of hydrogen-bond acceptors (Lipinski definition) is 3. The standard InChI is InChI=1S/C15H19NO4/c1-4-16(9-6-5-7-10(17)8-9)13(18)11-12(14(19)20)15(11,2)3/h5-8,11-12,17H,4H2,1-3H3,(H,19,20). The molecule has 0 bridgehead atoms. The molecular weight excluding hydrogens is 258 g/mol. The van der Waals surface area contributed by atoms with Crippen LogP contribution in [0.15, 0.2) is 24.3 Å². The van der Waals surface area contributed by atoms with Crippen LogP contribution in [0.4, 0.5) is 5.69 Å². The predicted octanol–water partition coefficient (Wildman–Crippen LogP) is 2.10. The largest absolute Gasteiger partial charge is 0.508 e. The van der Waals surface area contributed by atoms with Gasteiger partial charge in [0.05, 0.1) is 11.8 Å². The summed E-state index contributed by atoms with van der Waals surface area (Å²) in [6.45, 7) is 5.85. The van der Waals surface area contributed by atoms with E-state index in [2.05, 4.69) is 0 Å². The molecule has 1 aromatic carbocycles. The van der Waals surface area contributed by atoms with Crippen molar-refractivity contribution < 1.29 is 19.8 Å². The van der Waals surface area contributed by atoms with Crippen molar-refractivity contribution in [2.24, 2.45) is 17.3 Å². The molecule has 20 heavy (non-hydrogen) atoms. The zero-order valence-corrected chi connectivity index (χ0v) is 11.8. The Labute approximate surface area is 117 Å². The van der Waals surface area contributed by atoms with E-state index in [1.165, 1.54) is 17.0 Å². The van der Waals surface area contributed by atoms with E-state index in [1.54, 1.807) is 26.0 Å². The monoisotopic (exact) mass is 277 g/mol. The summed E-state index contributed by atoms with van der Waals surface area (Å²) in [7, 11) is 0. The van der Waals surface area contributed by atoms with Crippen LogP contribution in [0, 0.1) is 17.3 Å². The summed E-state index contributed by atoms with van der Waals surface area (Å²) in [4.78, 5) is 25.3. The molecule has 0 aliphatic heterocycles. The van der Waals surface area contributed by atoms with E-state index >= 15 is 0 Å². The van der Waals surface area contributed by atoms with Crippen LogP contribution in [-0.4, -0.2) is 28.6 Å². The van der Waals surface area contributed by atoms with Crippen LogP contribution >= 0.6 is 0 Å². The van der Waals surface area contributed by atoms with Crippen LogP contribution in [0.3, 0.4) is 0 Å². The molecule has 1 amide bonds. The zero-order valence-electron chi connectivity index (χ0n) is 11.8. The molecule has 0 spiro atoms. The van der Waals surface area contributed by atoms with Crippen LogP contribution in [0.5, 0.6) is 5.75 Å². The normalized spacial score (nSPS) is 23.1. The van der Waals surface area contributed by atoms with Gasteiger partial charge >= 0.3 is 5.97 Å². The number of nitrogens with zero attached hydrogens (tertiary/aromatic N) is 1. The first-order valence-electron chi connectivity index (χ1n) is 6.64. The summed E-state index contributed by atoms with van der Waals surface area (Å²) in [5, 5.41) is 18.7. The second-order valence-electron chi connectivity index (χ2n) is 5.72. The van der Waals surface area contributed by atoms with Crippen molar-refractivity contribution in [3.63, 3.8) is 0 Å². The van der Waals surface area contributed by atoms with Gasteiger partial charge in [-0.15, -0.1) is 0 Å². The smallest absolute Gasteiger partial charge is 0.307 e. The molecule has 1 aromatic rings. The Hall–Kier alpha value is -2.04. The quantitative estimate of drug-likeness (QED) is 0.883. The Morgan fingerprint density at radius 1 is 1.30 bits per heavy atom. The molecule has 1 aliphatic carbocycles. The highest BCUT2D eigenvalue weighted by molar-refractivity contribution is 6.01. The number of anilines is 1. The van der Waals surface area contributed by atoms with Crippen molar-refractivity contribution in [2.75, 3.05) is 11.4 Å². The Bertz CT molecular complexity index is 553. The fourth-order valence-corrected chi connectivity index (χ4v) is 2.85. The van der Waals surface area contributed by atoms with Crippen LogP contribution in [-0.2, 0) is 9.59 Å². The van der Waals surface area contributed by atoms with Crippen LogP contribution < -0.4 is 4.90 Å². The van der Waals surface area contributed by atoms with E-state index in [-0.39, 0.29) is 11.7 Å². The number of aromatic hydroxyl groups is 1. The zero-order chi connectivity index (χ0) is 15.1. The lowest BCUT2D eigenvalue weighted by Crippen LogP contribution is -2.33. The van der Waals surface area contributed by atoms with Crippen molar-refractivity contribution in [3.8, 4) is 5.75 Å². The number of amides is 1. The van der Waals surface area contributed by atoms with Gasteiger partial charge in [-0.05, 0) is 24.5 Å². The van der Waals surface area contributed by atoms with Gasteiger partial charge in [0, 0.05) is 18.3 Å². The lowest BCUT2D eigenvalue weighted by atomic mass is 10.1. The number of phenols is 1. The van der Waals surface area contributed by atoms with E-state index in [9.17, 15) is 14.7 Å². The number of carboxylic acid groups (broad SMARTS) is 1. The van der Waals surface area contributed by atoms with Crippen molar-refractivity contribution >= 4 is 17.6 Å². The number of aliphatic carboxylic acids is 1. The SMILES string of the molecule is CCN(C(=O)C1C(C(=O)O)C1(C)C)c1cccc(O)c1. The summed E-state index contributed by atoms with van der Waals surface area (Å²) in [6.07, 6.45) is 0. The number of phenolic OH excluding ortho intramolecular Hbond substituents is 1. The van der Waals surface area contributed by atoms with Crippen LogP contribution in [0.25, 0.3) is 0 Å². The van der Waals surface area contributed by atoms with Gasteiger partial charge in [0.25, 0.3) is 0 Å². The maximum Gasteiger partial charge on any atom is 0.307 e. The number of carboxylic acids is 1. The maximum absolute atomic E-state index is 12.6. The lowest BCUT2D eigenvalue weighted by molar-refractivity contribution is -0.140. The first kappa shape index (κ1) is 14.4. The minimum atomic E-state index is -0.930. The molecule has 1 fully saturated rings. The number of carbonyl (C=O) groups is 2. The first-order valence-corrected chi connectivity index (χ1v) is 6.64. The maximum atomic E-state index is 12.6. The minimum Gasteiger partial charge on any atom is -0.508 e. The highest BCUT2D eigenvalue weighted by Crippen LogP contribution is 2.59. The van der Waals surface area contributed by atoms with Crippen LogP contribution in [0.1, 0.15) is 20.8 Å². The fourth-order valence-electron chi connectivity index (χ4n) is 2.85. The molecule has 5 heteroatoms. The Balaban J connectivity index is 2.26. The van der Waals surface area contributed by atoms with Gasteiger partial charge in [0.15, 0.2) is 0 Å². The third-order valence-corrected chi connectivity index (χ3v) is 4.08.